The van der Waals surface area contributed by atoms with Crippen LogP contribution in [0.25, 0.3) is 0 Å². The van der Waals surface area contributed by atoms with Gasteiger partial charge in [0.15, 0.2) is 0 Å². The smallest absolute Gasteiger partial charge is 0.414 e. The largest absolute Gasteiger partial charge is 0.445 e. The van der Waals surface area contributed by atoms with Crippen LogP contribution in [0.4, 0.5) is 4.79 Å². The van der Waals surface area contributed by atoms with Crippen molar-refractivity contribution in [1.82, 2.24) is 5.32 Å². The molecule has 2 amide bonds. The standard InChI is InChI=1S/C39H48NO7P.C4H8O/c1-6-38(4)24-34(39(5)23-32(18-17-27(39)2)28(3)35(38)41)46-37(43)40-36(42)31-19-21-33(22-20-31)47-48(44-25-29-13-9-7-10-14-29)45-26-30-15-11-8-12-16-30;1-3-4(2)5/h6-16,19-22,27-28,32,34-35,41H,1,17-18,23-26H2,2-5H3,(H,40,42,43);3H2,1-2H3/t27?,28-,32?,34-,35?,38-,39+;/m1./s1. The van der Waals surface area contributed by atoms with E-state index in [9.17, 15) is 19.5 Å². The SMILES string of the molecule is C=C[C@]1(C)C[C@@H](OC(=O)NC(=O)c2ccc(OP(OCc3ccccc3)OCc3ccccc3)cc2)[C@@]2(C)CC(CCC2C)[C@@H](C)C1O.CCC(C)=O. The number of Topliss-reactive ketones (excluding diaryl/α,β-unsaturated/α-hetero) is 1. The molecule has 2 aliphatic carbocycles. The summed E-state index contributed by atoms with van der Waals surface area (Å²) in [5, 5.41) is 13.8. The Hall–Kier alpha value is -3.88. The van der Waals surface area contributed by atoms with Crippen molar-refractivity contribution in [2.24, 2.45) is 28.6 Å². The highest BCUT2D eigenvalue weighted by molar-refractivity contribution is 7.42. The number of amides is 2. The number of imide groups is 1. The second-order valence-corrected chi connectivity index (χ2v) is 16.1. The molecule has 0 aromatic heterocycles. The quantitative estimate of drug-likeness (QED) is 0.139. The number of carbonyl (C=O) groups is 3. The van der Waals surface area contributed by atoms with E-state index in [2.05, 4.69) is 32.7 Å². The number of rotatable bonds is 12. The minimum atomic E-state index is -1.77. The zero-order valence-corrected chi connectivity index (χ0v) is 32.9. The topological polar surface area (TPSA) is 120 Å². The first-order chi connectivity index (χ1) is 25.3. The van der Waals surface area contributed by atoms with Crippen molar-refractivity contribution in [3.05, 3.63) is 114 Å². The Kier molecular flexibility index (Phi) is 15.4. The maximum atomic E-state index is 13.2. The van der Waals surface area contributed by atoms with E-state index in [-0.39, 0.29) is 22.7 Å². The van der Waals surface area contributed by atoms with Crippen LogP contribution < -0.4 is 9.84 Å². The highest BCUT2D eigenvalue weighted by Crippen LogP contribution is 2.55. The van der Waals surface area contributed by atoms with Crippen LogP contribution in [0.1, 0.15) is 95.1 Å². The maximum absolute atomic E-state index is 13.2. The van der Waals surface area contributed by atoms with E-state index < -0.39 is 38.2 Å². The van der Waals surface area contributed by atoms with Crippen LogP contribution in [-0.2, 0) is 31.8 Å². The highest BCUT2D eigenvalue weighted by atomic mass is 31.2. The maximum Gasteiger partial charge on any atom is 0.414 e. The number of fused-ring (bicyclic) bond motifs is 2. The monoisotopic (exact) mass is 745 g/mol. The van der Waals surface area contributed by atoms with Gasteiger partial charge >= 0.3 is 14.7 Å². The predicted octanol–water partition coefficient (Wildman–Crippen LogP) is 9.98. The number of benzene rings is 3. The summed E-state index contributed by atoms with van der Waals surface area (Å²) in [6.07, 6.45) is 3.83. The molecule has 0 aliphatic heterocycles. The Morgan fingerprint density at radius 1 is 0.887 bits per heavy atom. The van der Waals surface area contributed by atoms with Gasteiger partial charge in [-0.1, -0.05) is 101 Å². The molecule has 0 radical (unpaired) electrons. The summed E-state index contributed by atoms with van der Waals surface area (Å²) in [6, 6.07) is 26.0. The highest BCUT2D eigenvalue weighted by Gasteiger charge is 2.53. The number of nitrogens with one attached hydrogen (secondary N) is 1. The molecule has 286 valence electrons. The van der Waals surface area contributed by atoms with E-state index in [4.69, 9.17) is 18.3 Å². The number of ketones is 1. The van der Waals surface area contributed by atoms with Crippen molar-refractivity contribution >= 4 is 26.4 Å². The van der Waals surface area contributed by atoms with Crippen molar-refractivity contribution < 1.29 is 37.8 Å². The van der Waals surface area contributed by atoms with Gasteiger partial charge < -0.3 is 19.2 Å². The molecule has 0 spiro atoms. The molecule has 3 aromatic carbocycles. The summed E-state index contributed by atoms with van der Waals surface area (Å²) in [6.45, 7) is 16.6. The number of alkyl carbamates (subject to hydrolysis) is 1. The molecular formula is C43H56NO8P. The molecule has 0 heterocycles. The van der Waals surface area contributed by atoms with Gasteiger partial charge in [-0.3, -0.25) is 19.2 Å². The molecule has 2 fully saturated rings. The van der Waals surface area contributed by atoms with Crippen molar-refractivity contribution in [3.63, 3.8) is 0 Å². The van der Waals surface area contributed by atoms with Gasteiger partial charge in [0.25, 0.3) is 5.91 Å². The summed E-state index contributed by atoms with van der Waals surface area (Å²) in [5.41, 5.74) is 1.30. The van der Waals surface area contributed by atoms with Crippen LogP contribution in [0.5, 0.6) is 5.75 Å². The number of hydrogen-bond donors (Lipinski definition) is 2. The lowest BCUT2D eigenvalue weighted by Crippen LogP contribution is -2.54. The number of carbonyl (C=O) groups excluding carboxylic acids is 3. The zero-order valence-electron chi connectivity index (χ0n) is 32.0. The van der Waals surface area contributed by atoms with Gasteiger partial charge in [-0.05, 0) is 85.8 Å². The third kappa shape index (κ3) is 11.6. The average Bonchev–Trinajstić information content (AvgIpc) is 3.17. The molecule has 5 rings (SSSR count). The molecule has 7 atom stereocenters. The average molecular weight is 746 g/mol. The van der Waals surface area contributed by atoms with E-state index in [0.717, 1.165) is 30.4 Å². The Morgan fingerprint density at radius 3 is 1.94 bits per heavy atom. The fraction of sp³-hybridized carbons (Fsp3) is 0.465. The van der Waals surface area contributed by atoms with E-state index in [1.54, 1.807) is 37.3 Å². The first-order valence-electron chi connectivity index (χ1n) is 18.5. The normalized spacial score (nSPS) is 26.5. The van der Waals surface area contributed by atoms with Crippen LogP contribution >= 0.6 is 8.60 Å². The van der Waals surface area contributed by atoms with Crippen LogP contribution in [-0.4, -0.2) is 35.1 Å². The number of aliphatic hydroxyl groups is 1. The summed E-state index contributed by atoms with van der Waals surface area (Å²) in [5.74, 6) is 0.854. The van der Waals surface area contributed by atoms with Crippen molar-refractivity contribution in [1.29, 1.82) is 0 Å². The van der Waals surface area contributed by atoms with E-state index in [1.165, 1.54) is 0 Å². The molecule has 9 nitrogen and oxygen atoms in total. The predicted molar refractivity (Wildman–Crippen MR) is 208 cm³/mol. The molecule has 53 heavy (non-hydrogen) atoms. The second-order valence-electron chi connectivity index (χ2n) is 14.9. The summed E-state index contributed by atoms with van der Waals surface area (Å²) in [4.78, 5) is 36.2. The molecule has 2 N–H and O–H groups in total. The molecule has 3 unspecified atom stereocenters. The molecule has 10 heteroatoms. The first kappa shape index (κ1) is 41.9. The van der Waals surface area contributed by atoms with Crippen molar-refractivity contribution in [3.8, 4) is 5.75 Å². The lowest BCUT2D eigenvalue weighted by atomic mass is 9.53. The van der Waals surface area contributed by atoms with Crippen LogP contribution in [0.2, 0.25) is 0 Å². The van der Waals surface area contributed by atoms with Gasteiger partial charge in [0.05, 0.1) is 19.3 Å². The molecule has 3 aromatic rings. The Labute approximate surface area is 316 Å². The van der Waals surface area contributed by atoms with E-state index in [0.29, 0.717) is 43.6 Å². The molecular weight excluding hydrogens is 689 g/mol. The lowest BCUT2D eigenvalue weighted by Gasteiger charge is -2.54. The van der Waals surface area contributed by atoms with E-state index in [1.807, 2.05) is 74.5 Å². The molecule has 2 saturated carbocycles. The second kappa shape index (κ2) is 19.4. The van der Waals surface area contributed by atoms with Crippen molar-refractivity contribution in [2.45, 2.75) is 99.1 Å². The van der Waals surface area contributed by atoms with E-state index >= 15 is 0 Å². The summed E-state index contributed by atoms with van der Waals surface area (Å²) in [7, 11) is -1.77. The molecule has 2 bridgehead atoms. The lowest BCUT2D eigenvalue weighted by molar-refractivity contribution is -0.125. The molecule has 2 aliphatic rings. The van der Waals surface area contributed by atoms with Gasteiger partial charge in [0.1, 0.15) is 17.6 Å². The zero-order chi connectivity index (χ0) is 38.6. The minimum absolute atomic E-state index is 0.102. The Morgan fingerprint density at radius 2 is 1.43 bits per heavy atom. The number of aliphatic hydroxyl groups excluding tert-OH is 1. The Bertz CT molecular complexity index is 1590. The third-order valence-electron chi connectivity index (χ3n) is 11.2. The Balaban J connectivity index is 0.00000117. The number of hydrogen-bond acceptors (Lipinski definition) is 8. The van der Waals surface area contributed by atoms with Gasteiger partial charge in [0, 0.05) is 22.8 Å². The number of ether oxygens (including phenoxy) is 1. The van der Waals surface area contributed by atoms with Gasteiger partial charge in [-0.25, -0.2) is 4.79 Å². The van der Waals surface area contributed by atoms with Crippen LogP contribution in [0.15, 0.2) is 97.6 Å². The van der Waals surface area contributed by atoms with Crippen molar-refractivity contribution in [2.75, 3.05) is 0 Å². The fourth-order valence-electron chi connectivity index (χ4n) is 7.12. The third-order valence-corrected chi connectivity index (χ3v) is 12.2. The first-order valence-corrected chi connectivity index (χ1v) is 19.6. The van der Waals surface area contributed by atoms with Gasteiger partial charge in [-0.15, -0.1) is 6.58 Å². The summed E-state index contributed by atoms with van der Waals surface area (Å²) >= 11 is 0. The van der Waals surface area contributed by atoms with Crippen LogP contribution in [0.3, 0.4) is 0 Å². The van der Waals surface area contributed by atoms with Gasteiger partial charge in [-0.2, -0.15) is 0 Å². The molecule has 0 saturated heterocycles. The fourth-order valence-corrected chi connectivity index (χ4v) is 8.10. The minimum Gasteiger partial charge on any atom is -0.445 e. The van der Waals surface area contributed by atoms with Crippen LogP contribution in [0, 0.1) is 28.6 Å². The van der Waals surface area contributed by atoms with Gasteiger partial charge in [0.2, 0.25) is 0 Å². The summed E-state index contributed by atoms with van der Waals surface area (Å²) < 4.78 is 24.2.